The predicted octanol–water partition coefficient (Wildman–Crippen LogP) is 6.68. The number of hydrogen-bond acceptors (Lipinski definition) is 2. The van der Waals surface area contributed by atoms with Gasteiger partial charge in [0, 0.05) is 11.8 Å². The lowest BCUT2D eigenvalue weighted by atomic mass is 9.91. The first-order chi connectivity index (χ1) is 14.5. The summed E-state index contributed by atoms with van der Waals surface area (Å²) in [6, 6.07) is 16.2. The Morgan fingerprint density at radius 3 is 1.10 bits per heavy atom. The molecule has 0 radical (unpaired) electrons. The van der Waals surface area contributed by atoms with E-state index in [2.05, 4.69) is 50.6 Å². The predicted molar refractivity (Wildman–Crippen MR) is 124 cm³/mol. The molecule has 0 bridgehead atoms. The molecule has 0 spiro atoms. The third kappa shape index (κ3) is 4.08. The Bertz CT molecular complexity index is 925. The van der Waals surface area contributed by atoms with Gasteiger partial charge < -0.3 is 9.47 Å². The molecule has 0 heterocycles. The minimum Gasteiger partial charge on any atom is -0.490 e. The van der Waals surface area contributed by atoms with E-state index < -0.39 is 0 Å². The Hall–Kier alpha value is -3.52. The molecule has 30 heavy (non-hydrogen) atoms. The largest absolute Gasteiger partial charge is 0.490 e. The van der Waals surface area contributed by atoms with Crippen LogP contribution in [0.3, 0.4) is 0 Å². The lowest BCUT2D eigenvalue weighted by Gasteiger charge is -2.15. The molecule has 0 atom stereocenters. The van der Waals surface area contributed by atoms with Gasteiger partial charge in [-0.15, -0.1) is 0 Å². The average molecular weight is 395 g/mol. The molecular formula is C28H26O2. The molecule has 2 nitrogen and oxygen atoms in total. The third-order valence-electron chi connectivity index (χ3n) is 5.55. The van der Waals surface area contributed by atoms with Crippen molar-refractivity contribution in [2.75, 3.05) is 13.2 Å². The molecule has 0 unspecified atom stereocenters. The van der Waals surface area contributed by atoms with Crippen molar-refractivity contribution in [3.8, 4) is 11.5 Å². The average Bonchev–Trinajstić information content (AvgIpc) is 3.27. The summed E-state index contributed by atoms with van der Waals surface area (Å²) in [7, 11) is 0. The highest BCUT2D eigenvalue weighted by Gasteiger charge is 2.21. The van der Waals surface area contributed by atoms with Gasteiger partial charge in [0.2, 0.25) is 0 Å². The maximum absolute atomic E-state index is 5.82. The summed E-state index contributed by atoms with van der Waals surface area (Å²) in [6.07, 6.45) is 8.11. The van der Waals surface area contributed by atoms with E-state index in [-0.39, 0.29) is 11.8 Å². The standard InChI is InChI=1S/C28H26O2/c1-19-5-6-20(2)27(19)23-9-13-25(14-10-23)29-17-18-30-26-15-11-24(12-16-26)28-21(3)7-8-22(28)4/h5-16,27-28H,1-4,17-18H2. The summed E-state index contributed by atoms with van der Waals surface area (Å²) in [5.74, 6) is 2.01. The molecule has 150 valence electrons. The molecule has 0 amide bonds. The maximum Gasteiger partial charge on any atom is 0.122 e. The van der Waals surface area contributed by atoms with E-state index in [1.807, 2.05) is 48.6 Å². The van der Waals surface area contributed by atoms with Crippen molar-refractivity contribution in [3.05, 3.63) is 133 Å². The van der Waals surface area contributed by atoms with Gasteiger partial charge in [-0.25, -0.2) is 0 Å². The van der Waals surface area contributed by atoms with Crippen LogP contribution in [0.2, 0.25) is 0 Å². The van der Waals surface area contributed by atoms with Crippen LogP contribution in [0.4, 0.5) is 0 Å². The summed E-state index contributed by atoms with van der Waals surface area (Å²) in [6.45, 7) is 17.4. The highest BCUT2D eigenvalue weighted by Crippen LogP contribution is 2.38. The Balaban J connectivity index is 1.25. The van der Waals surface area contributed by atoms with Crippen LogP contribution in [-0.2, 0) is 0 Å². The normalized spacial score (nSPS) is 16.7. The Morgan fingerprint density at radius 2 is 0.800 bits per heavy atom. The van der Waals surface area contributed by atoms with Gasteiger partial charge in [-0.2, -0.15) is 0 Å². The Kier molecular flexibility index (Phi) is 5.58. The van der Waals surface area contributed by atoms with Gasteiger partial charge in [-0.1, -0.05) is 74.9 Å². The van der Waals surface area contributed by atoms with E-state index in [0.29, 0.717) is 13.2 Å². The van der Waals surface area contributed by atoms with Gasteiger partial charge >= 0.3 is 0 Å². The minimum absolute atomic E-state index is 0.180. The van der Waals surface area contributed by atoms with Crippen molar-refractivity contribution >= 4 is 0 Å². The maximum atomic E-state index is 5.82. The van der Waals surface area contributed by atoms with E-state index >= 15 is 0 Å². The number of hydrogen-bond donors (Lipinski definition) is 0. The molecule has 2 heteroatoms. The fraction of sp³-hybridized carbons (Fsp3) is 0.143. The first-order valence-electron chi connectivity index (χ1n) is 10.1. The molecule has 4 rings (SSSR count). The molecule has 0 saturated heterocycles. The van der Waals surface area contributed by atoms with Crippen molar-refractivity contribution in [2.24, 2.45) is 0 Å². The molecule has 2 aliphatic carbocycles. The molecule has 2 aliphatic rings. The molecular weight excluding hydrogens is 368 g/mol. The molecule has 2 aromatic carbocycles. The van der Waals surface area contributed by atoms with Gasteiger partial charge in [-0.05, 0) is 57.7 Å². The summed E-state index contributed by atoms with van der Waals surface area (Å²) in [5, 5.41) is 0. The van der Waals surface area contributed by atoms with E-state index in [1.165, 1.54) is 11.1 Å². The van der Waals surface area contributed by atoms with Crippen LogP contribution in [0.15, 0.2) is 121 Å². The number of benzene rings is 2. The number of allylic oxidation sites excluding steroid dienone is 8. The molecule has 0 fully saturated rings. The first kappa shape index (κ1) is 19.8. The van der Waals surface area contributed by atoms with Gasteiger partial charge in [0.25, 0.3) is 0 Å². The zero-order chi connectivity index (χ0) is 21.1. The summed E-state index contributed by atoms with van der Waals surface area (Å²) in [4.78, 5) is 0. The topological polar surface area (TPSA) is 18.5 Å². The summed E-state index contributed by atoms with van der Waals surface area (Å²) in [5.41, 5.74) is 6.66. The first-order valence-corrected chi connectivity index (χ1v) is 10.1. The second-order valence-electron chi connectivity index (χ2n) is 7.67. The highest BCUT2D eigenvalue weighted by atomic mass is 16.5. The van der Waals surface area contributed by atoms with Crippen LogP contribution < -0.4 is 9.47 Å². The van der Waals surface area contributed by atoms with E-state index in [4.69, 9.17) is 9.47 Å². The highest BCUT2D eigenvalue weighted by molar-refractivity contribution is 5.53. The molecule has 0 aromatic heterocycles. The van der Waals surface area contributed by atoms with Gasteiger partial charge in [0.1, 0.15) is 24.7 Å². The lowest BCUT2D eigenvalue weighted by molar-refractivity contribution is 0.217. The van der Waals surface area contributed by atoms with Crippen molar-refractivity contribution in [1.29, 1.82) is 0 Å². The number of rotatable bonds is 7. The fourth-order valence-electron chi connectivity index (χ4n) is 3.98. The number of ether oxygens (including phenoxy) is 2. The van der Waals surface area contributed by atoms with Gasteiger partial charge in [0.15, 0.2) is 0 Å². The quantitative estimate of drug-likeness (QED) is 0.488. The molecule has 2 aromatic rings. The zero-order valence-corrected chi connectivity index (χ0v) is 17.1. The van der Waals surface area contributed by atoms with Crippen molar-refractivity contribution in [1.82, 2.24) is 0 Å². The molecule has 0 N–H and O–H groups in total. The van der Waals surface area contributed by atoms with Crippen LogP contribution >= 0.6 is 0 Å². The van der Waals surface area contributed by atoms with Gasteiger partial charge in [0.05, 0.1) is 0 Å². The van der Waals surface area contributed by atoms with E-state index in [0.717, 1.165) is 33.8 Å². The second-order valence-corrected chi connectivity index (χ2v) is 7.67. The summed E-state index contributed by atoms with van der Waals surface area (Å²) < 4.78 is 11.6. The van der Waals surface area contributed by atoms with Crippen molar-refractivity contribution < 1.29 is 9.47 Å². The van der Waals surface area contributed by atoms with Crippen LogP contribution in [0.25, 0.3) is 0 Å². The smallest absolute Gasteiger partial charge is 0.122 e. The minimum atomic E-state index is 0.180. The second kappa shape index (κ2) is 8.46. The van der Waals surface area contributed by atoms with E-state index in [1.54, 1.807) is 0 Å². The zero-order valence-electron chi connectivity index (χ0n) is 17.1. The fourth-order valence-corrected chi connectivity index (χ4v) is 3.98. The van der Waals surface area contributed by atoms with Crippen molar-refractivity contribution in [3.63, 3.8) is 0 Å². The van der Waals surface area contributed by atoms with Crippen LogP contribution in [-0.4, -0.2) is 13.2 Å². The molecule has 0 saturated carbocycles. The Labute approximate surface area is 178 Å². The van der Waals surface area contributed by atoms with Crippen LogP contribution in [0, 0.1) is 0 Å². The molecule has 0 aliphatic heterocycles. The SMILES string of the molecule is C=C1C=CC(=C)C1c1ccc(OCCOc2ccc(C3C(=C)C=CC3=C)cc2)cc1. The lowest BCUT2D eigenvalue weighted by Crippen LogP contribution is -2.09. The van der Waals surface area contributed by atoms with Crippen molar-refractivity contribution in [2.45, 2.75) is 11.8 Å². The summed E-state index contributed by atoms with van der Waals surface area (Å²) >= 11 is 0. The third-order valence-corrected chi connectivity index (χ3v) is 5.55. The van der Waals surface area contributed by atoms with Crippen LogP contribution in [0.5, 0.6) is 11.5 Å². The van der Waals surface area contributed by atoms with Gasteiger partial charge in [-0.3, -0.25) is 0 Å². The van der Waals surface area contributed by atoms with E-state index in [9.17, 15) is 0 Å². The van der Waals surface area contributed by atoms with Crippen LogP contribution in [0.1, 0.15) is 23.0 Å². The Morgan fingerprint density at radius 1 is 0.500 bits per heavy atom. The monoisotopic (exact) mass is 394 g/mol.